The molecule has 1 heterocycles. The zero-order chi connectivity index (χ0) is 13.9. The molecule has 6 heteroatoms. The van der Waals surface area contributed by atoms with Crippen molar-refractivity contribution in [2.24, 2.45) is 5.92 Å². The monoisotopic (exact) mass is 287 g/mol. The van der Waals surface area contributed by atoms with Gasteiger partial charge in [0, 0.05) is 25.3 Å². The van der Waals surface area contributed by atoms with E-state index in [1.807, 2.05) is 0 Å². The van der Waals surface area contributed by atoms with E-state index in [9.17, 15) is 12.8 Å². The highest BCUT2D eigenvalue weighted by Gasteiger charge is 2.29. The summed E-state index contributed by atoms with van der Waals surface area (Å²) in [5.41, 5.74) is 0.189. The summed E-state index contributed by atoms with van der Waals surface area (Å²) in [4.78, 5) is 0. The quantitative estimate of drug-likeness (QED) is 0.909. The largest absolute Gasteiger partial charge is 0.396 e. The van der Waals surface area contributed by atoms with Crippen LogP contribution in [-0.2, 0) is 15.8 Å². The molecule has 0 spiro atoms. The number of hydrogen-bond acceptors (Lipinski definition) is 3. The van der Waals surface area contributed by atoms with Crippen molar-refractivity contribution in [2.45, 2.75) is 18.6 Å². The van der Waals surface area contributed by atoms with Gasteiger partial charge in [-0.3, -0.25) is 0 Å². The van der Waals surface area contributed by atoms with Gasteiger partial charge in [-0.05, 0) is 24.8 Å². The van der Waals surface area contributed by atoms with Crippen molar-refractivity contribution in [3.05, 3.63) is 35.6 Å². The van der Waals surface area contributed by atoms with Crippen LogP contribution >= 0.6 is 0 Å². The number of rotatable bonds is 4. The highest BCUT2D eigenvalue weighted by Crippen LogP contribution is 2.21. The first-order chi connectivity index (χ1) is 9.03. The van der Waals surface area contributed by atoms with Crippen LogP contribution in [0.4, 0.5) is 4.39 Å². The summed E-state index contributed by atoms with van der Waals surface area (Å²) in [6, 6.07) is 5.91. The van der Waals surface area contributed by atoms with E-state index in [0.29, 0.717) is 13.1 Å². The van der Waals surface area contributed by atoms with E-state index < -0.39 is 15.8 Å². The Balaban J connectivity index is 2.12. The lowest BCUT2D eigenvalue weighted by Gasteiger charge is -2.31. The molecule has 1 saturated heterocycles. The third kappa shape index (κ3) is 3.52. The molecule has 1 aliphatic rings. The van der Waals surface area contributed by atoms with Crippen molar-refractivity contribution in [3.63, 3.8) is 0 Å². The number of piperidine rings is 1. The molecule has 1 N–H and O–H groups in total. The molecule has 0 amide bonds. The molecule has 0 saturated carbocycles. The van der Waals surface area contributed by atoms with Crippen LogP contribution in [-0.4, -0.2) is 37.5 Å². The minimum atomic E-state index is -3.52. The summed E-state index contributed by atoms with van der Waals surface area (Å²) in [6.07, 6.45) is 1.57. The average molecular weight is 287 g/mol. The second-order valence-corrected chi connectivity index (χ2v) is 6.87. The summed E-state index contributed by atoms with van der Waals surface area (Å²) in [5.74, 6) is -0.830. The summed E-state index contributed by atoms with van der Waals surface area (Å²) < 4.78 is 39.4. The van der Waals surface area contributed by atoms with Gasteiger partial charge in [-0.1, -0.05) is 18.2 Å². The van der Waals surface area contributed by atoms with Crippen molar-refractivity contribution in [3.8, 4) is 0 Å². The summed E-state index contributed by atoms with van der Waals surface area (Å²) in [6.45, 7) is 0.770. The fourth-order valence-corrected chi connectivity index (χ4v) is 3.99. The highest BCUT2D eigenvalue weighted by molar-refractivity contribution is 7.88. The Morgan fingerprint density at radius 2 is 2.11 bits per heavy atom. The second-order valence-electron chi connectivity index (χ2n) is 4.90. The molecule has 1 aromatic rings. The Labute approximate surface area is 112 Å². The van der Waals surface area contributed by atoms with Gasteiger partial charge in [-0.2, -0.15) is 0 Å². The highest BCUT2D eigenvalue weighted by atomic mass is 32.2. The molecule has 1 fully saturated rings. The van der Waals surface area contributed by atoms with E-state index in [1.54, 1.807) is 6.07 Å². The molecule has 4 nitrogen and oxygen atoms in total. The maximum Gasteiger partial charge on any atom is 0.218 e. The maximum absolute atomic E-state index is 13.5. The van der Waals surface area contributed by atoms with Crippen LogP contribution in [0.25, 0.3) is 0 Å². The lowest BCUT2D eigenvalue weighted by atomic mass is 10.0. The number of nitrogens with zero attached hydrogens (tertiary/aromatic N) is 1. The van der Waals surface area contributed by atoms with Gasteiger partial charge in [0.1, 0.15) is 5.82 Å². The van der Waals surface area contributed by atoms with Gasteiger partial charge in [0.05, 0.1) is 5.75 Å². The van der Waals surface area contributed by atoms with Crippen molar-refractivity contribution in [2.75, 3.05) is 19.7 Å². The number of halogens is 1. The first-order valence-corrected chi connectivity index (χ1v) is 7.96. The minimum Gasteiger partial charge on any atom is -0.396 e. The first-order valence-electron chi connectivity index (χ1n) is 6.35. The molecule has 1 unspecified atom stereocenters. The van der Waals surface area contributed by atoms with Gasteiger partial charge >= 0.3 is 0 Å². The van der Waals surface area contributed by atoms with E-state index >= 15 is 0 Å². The number of aliphatic hydroxyl groups excluding tert-OH is 1. The Kier molecular flexibility index (Phi) is 4.54. The number of hydrogen-bond donors (Lipinski definition) is 1. The normalized spacial score (nSPS) is 21.5. The summed E-state index contributed by atoms with van der Waals surface area (Å²) in [7, 11) is -3.52. The van der Waals surface area contributed by atoms with Gasteiger partial charge in [-0.25, -0.2) is 17.1 Å². The fraction of sp³-hybridized carbons (Fsp3) is 0.538. The Bertz CT molecular complexity index is 532. The molecule has 1 aliphatic heterocycles. The lowest BCUT2D eigenvalue weighted by molar-refractivity contribution is 0.165. The number of aliphatic hydroxyl groups is 1. The Morgan fingerprint density at radius 1 is 1.37 bits per heavy atom. The zero-order valence-electron chi connectivity index (χ0n) is 10.6. The van der Waals surface area contributed by atoms with Crippen LogP contribution in [0.3, 0.4) is 0 Å². The predicted octanol–water partition coefficient (Wildman–Crippen LogP) is 1.36. The van der Waals surface area contributed by atoms with E-state index in [4.69, 9.17) is 5.11 Å². The molecule has 2 rings (SSSR count). The number of sulfonamides is 1. The lowest BCUT2D eigenvalue weighted by Crippen LogP contribution is -2.41. The molecule has 1 aromatic carbocycles. The zero-order valence-corrected chi connectivity index (χ0v) is 11.4. The van der Waals surface area contributed by atoms with Crippen molar-refractivity contribution >= 4 is 10.0 Å². The molecular formula is C13H18FNO3S. The van der Waals surface area contributed by atoms with Crippen LogP contribution in [0.5, 0.6) is 0 Å². The topological polar surface area (TPSA) is 57.6 Å². The summed E-state index contributed by atoms with van der Waals surface area (Å²) in [5, 5.41) is 9.13. The van der Waals surface area contributed by atoms with Crippen LogP contribution in [0.1, 0.15) is 18.4 Å². The molecular weight excluding hydrogens is 269 g/mol. The maximum atomic E-state index is 13.5. The molecule has 1 atom stereocenters. The second kappa shape index (κ2) is 5.98. The SMILES string of the molecule is O=S(=O)(Cc1ccccc1F)N1CCCC(CO)C1. The van der Waals surface area contributed by atoms with E-state index in [-0.39, 0.29) is 23.8 Å². The van der Waals surface area contributed by atoms with E-state index in [2.05, 4.69) is 0 Å². The van der Waals surface area contributed by atoms with Crippen molar-refractivity contribution in [1.29, 1.82) is 0 Å². The molecule has 19 heavy (non-hydrogen) atoms. The molecule has 0 radical (unpaired) electrons. The van der Waals surface area contributed by atoms with Crippen LogP contribution < -0.4 is 0 Å². The van der Waals surface area contributed by atoms with Gasteiger partial charge in [-0.15, -0.1) is 0 Å². The smallest absolute Gasteiger partial charge is 0.218 e. The van der Waals surface area contributed by atoms with E-state index in [0.717, 1.165) is 12.8 Å². The van der Waals surface area contributed by atoms with Gasteiger partial charge < -0.3 is 5.11 Å². The van der Waals surface area contributed by atoms with Crippen molar-refractivity contribution in [1.82, 2.24) is 4.31 Å². The minimum absolute atomic E-state index is 0.00822. The molecule has 0 aromatic heterocycles. The van der Waals surface area contributed by atoms with Crippen molar-refractivity contribution < 1.29 is 17.9 Å². The third-order valence-corrected chi connectivity index (χ3v) is 5.22. The van der Waals surface area contributed by atoms with Gasteiger partial charge in [0.2, 0.25) is 10.0 Å². The summed E-state index contributed by atoms with van der Waals surface area (Å²) >= 11 is 0. The van der Waals surface area contributed by atoms with Crippen LogP contribution in [0.2, 0.25) is 0 Å². The standard InChI is InChI=1S/C13H18FNO3S/c14-13-6-2-1-5-12(13)10-19(17,18)15-7-3-4-11(8-15)9-16/h1-2,5-6,11,16H,3-4,7-10H2. The fourth-order valence-electron chi connectivity index (χ4n) is 2.33. The Morgan fingerprint density at radius 3 is 2.79 bits per heavy atom. The average Bonchev–Trinajstić information content (AvgIpc) is 2.41. The molecule has 0 bridgehead atoms. The molecule has 106 valence electrons. The van der Waals surface area contributed by atoms with Crippen LogP contribution in [0.15, 0.2) is 24.3 Å². The van der Waals surface area contributed by atoms with Gasteiger partial charge in [0.15, 0.2) is 0 Å². The van der Waals surface area contributed by atoms with Crippen LogP contribution in [0, 0.1) is 11.7 Å². The third-order valence-electron chi connectivity index (χ3n) is 3.43. The predicted molar refractivity (Wildman–Crippen MR) is 70.4 cm³/mol. The van der Waals surface area contributed by atoms with E-state index in [1.165, 1.54) is 22.5 Å². The van der Waals surface area contributed by atoms with Gasteiger partial charge in [0.25, 0.3) is 0 Å². The first kappa shape index (κ1) is 14.4. The number of benzene rings is 1. The molecule has 0 aliphatic carbocycles. The Hall–Kier alpha value is -0.980.